The number of halogens is 1. The second-order valence-corrected chi connectivity index (χ2v) is 4.31. The lowest BCUT2D eigenvalue weighted by Gasteiger charge is -2.05. The molecule has 78 valence electrons. The summed E-state index contributed by atoms with van der Waals surface area (Å²) in [7, 11) is 0. The van der Waals surface area contributed by atoms with E-state index in [0.29, 0.717) is 11.8 Å². The van der Waals surface area contributed by atoms with Gasteiger partial charge >= 0.3 is 0 Å². The quantitative estimate of drug-likeness (QED) is 0.716. The van der Waals surface area contributed by atoms with Gasteiger partial charge in [-0.1, -0.05) is 25.7 Å². The van der Waals surface area contributed by atoms with Gasteiger partial charge in [0.15, 0.2) is 0 Å². The van der Waals surface area contributed by atoms with Gasteiger partial charge < -0.3 is 4.42 Å². The molecule has 2 nitrogen and oxygen atoms in total. The van der Waals surface area contributed by atoms with E-state index in [1.807, 2.05) is 6.20 Å². The van der Waals surface area contributed by atoms with E-state index in [2.05, 4.69) is 4.98 Å². The van der Waals surface area contributed by atoms with E-state index in [1.165, 1.54) is 32.1 Å². The number of rotatable bonds is 4. The van der Waals surface area contributed by atoms with Gasteiger partial charge in [0.25, 0.3) is 0 Å². The molecule has 0 N–H and O–H groups in total. The molecule has 1 aliphatic rings. The van der Waals surface area contributed by atoms with Gasteiger partial charge in [0.2, 0.25) is 5.89 Å². The first-order valence-electron chi connectivity index (χ1n) is 5.38. The lowest BCUT2D eigenvalue weighted by atomic mass is 10.0. The Bertz CT molecular complexity index is 279. The summed E-state index contributed by atoms with van der Waals surface area (Å²) in [5.74, 6) is 2.93. The summed E-state index contributed by atoms with van der Waals surface area (Å²) in [6.45, 7) is 0. The molecule has 1 saturated carbocycles. The minimum Gasteiger partial charge on any atom is -0.444 e. The van der Waals surface area contributed by atoms with Crippen LogP contribution in [0.5, 0.6) is 0 Å². The zero-order valence-corrected chi connectivity index (χ0v) is 9.09. The predicted octanol–water partition coefficient (Wildman–Crippen LogP) is 3.54. The fourth-order valence-electron chi connectivity index (χ4n) is 2.17. The lowest BCUT2D eigenvalue weighted by molar-refractivity contribution is 0.430. The van der Waals surface area contributed by atoms with E-state index in [0.717, 1.165) is 18.1 Å². The van der Waals surface area contributed by atoms with Gasteiger partial charge in [-0.25, -0.2) is 4.98 Å². The van der Waals surface area contributed by atoms with Crippen LogP contribution in [0.3, 0.4) is 0 Å². The van der Waals surface area contributed by atoms with Gasteiger partial charge in [0, 0.05) is 6.42 Å². The molecule has 0 spiro atoms. The Balaban J connectivity index is 1.79. The van der Waals surface area contributed by atoms with Crippen molar-refractivity contribution < 1.29 is 4.42 Å². The molecule has 0 aromatic carbocycles. The summed E-state index contributed by atoms with van der Waals surface area (Å²) in [5, 5.41) is 0. The van der Waals surface area contributed by atoms with Gasteiger partial charge in [0.1, 0.15) is 5.76 Å². The summed E-state index contributed by atoms with van der Waals surface area (Å²) in [6.07, 6.45) is 9.70. The molecule has 0 saturated heterocycles. The summed E-state index contributed by atoms with van der Waals surface area (Å²) in [4.78, 5) is 4.08. The van der Waals surface area contributed by atoms with Crippen LogP contribution in [0.1, 0.15) is 43.8 Å². The number of hydrogen-bond donors (Lipinski definition) is 0. The summed E-state index contributed by atoms with van der Waals surface area (Å²) >= 11 is 5.61. The highest BCUT2D eigenvalue weighted by Crippen LogP contribution is 2.28. The molecule has 1 heterocycles. The number of aromatic nitrogens is 1. The van der Waals surface area contributed by atoms with Crippen molar-refractivity contribution in [1.29, 1.82) is 0 Å². The predicted molar refractivity (Wildman–Crippen MR) is 56.3 cm³/mol. The average molecular weight is 214 g/mol. The molecule has 1 aliphatic carbocycles. The largest absolute Gasteiger partial charge is 0.444 e. The third-order valence-corrected chi connectivity index (χ3v) is 3.22. The van der Waals surface area contributed by atoms with Crippen molar-refractivity contribution in [2.45, 2.75) is 44.4 Å². The zero-order valence-electron chi connectivity index (χ0n) is 8.34. The van der Waals surface area contributed by atoms with Crippen LogP contribution < -0.4 is 0 Å². The molecule has 2 rings (SSSR count). The van der Waals surface area contributed by atoms with Crippen LogP contribution in [-0.2, 0) is 12.3 Å². The minimum atomic E-state index is 0.378. The SMILES string of the molecule is ClCc1ncc(CCC2CCCC2)o1. The Labute approximate surface area is 89.7 Å². The minimum absolute atomic E-state index is 0.378. The second kappa shape index (κ2) is 4.83. The molecule has 0 radical (unpaired) electrons. The number of nitrogens with zero attached hydrogens (tertiary/aromatic N) is 1. The normalized spacial score (nSPS) is 17.8. The maximum absolute atomic E-state index is 5.61. The van der Waals surface area contributed by atoms with Crippen LogP contribution in [0.15, 0.2) is 10.6 Å². The van der Waals surface area contributed by atoms with E-state index in [-0.39, 0.29) is 0 Å². The van der Waals surface area contributed by atoms with Crippen molar-refractivity contribution >= 4 is 11.6 Å². The Hall–Kier alpha value is -0.500. The first-order valence-corrected chi connectivity index (χ1v) is 5.91. The molecular formula is C11H16ClNO. The molecule has 0 atom stereocenters. The molecule has 1 fully saturated rings. The Morgan fingerprint density at radius 3 is 2.86 bits per heavy atom. The fraction of sp³-hybridized carbons (Fsp3) is 0.727. The maximum Gasteiger partial charge on any atom is 0.209 e. The Morgan fingerprint density at radius 1 is 1.43 bits per heavy atom. The van der Waals surface area contributed by atoms with Crippen LogP contribution in [-0.4, -0.2) is 4.98 Å². The zero-order chi connectivity index (χ0) is 9.80. The van der Waals surface area contributed by atoms with Crippen LogP contribution in [0.2, 0.25) is 0 Å². The van der Waals surface area contributed by atoms with E-state index >= 15 is 0 Å². The van der Waals surface area contributed by atoms with Crippen molar-refractivity contribution in [1.82, 2.24) is 4.98 Å². The molecule has 3 heteroatoms. The summed E-state index contributed by atoms with van der Waals surface area (Å²) < 4.78 is 5.45. The summed E-state index contributed by atoms with van der Waals surface area (Å²) in [6, 6.07) is 0. The van der Waals surface area contributed by atoms with Gasteiger partial charge in [-0.2, -0.15) is 0 Å². The maximum atomic E-state index is 5.61. The summed E-state index contributed by atoms with van der Waals surface area (Å²) in [5.41, 5.74) is 0. The smallest absolute Gasteiger partial charge is 0.209 e. The first kappa shape index (κ1) is 10.0. The molecule has 0 unspecified atom stereocenters. The van der Waals surface area contributed by atoms with Crippen molar-refractivity contribution in [2.75, 3.05) is 0 Å². The third kappa shape index (κ3) is 2.50. The number of aryl methyl sites for hydroxylation is 1. The molecule has 1 aromatic heterocycles. The standard InChI is InChI=1S/C11H16ClNO/c12-7-11-13-8-10(14-11)6-5-9-3-1-2-4-9/h8-9H,1-7H2. The van der Waals surface area contributed by atoms with E-state index in [1.54, 1.807) is 0 Å². The van der Waals surface area contributed by atoms with Crippen molar-refractivity contribution in [3.63, 3.8) is 0 Å². The monoisotopic (exact) mass is 213 g/mol. The van der Waals surface area contributed by atoms with Gasteiger partial charge in [0.05, 0.1) is 12.1 Å². The number of hydrogen-bond acceptors (Lipinski definition) is 2. The lowest BCUT2D eigenvalue weighted by Crippen LogP contribution is -1.95. The van der Waals surface area contributed by atoms with Crippen LogP contribution in [0.4, 0.5) is 0 Å². The molecule has 0 bridgehead atoms. The highest BCUT2D eigenvalue weighted by Gasteiger charge is 2.15. The number of alkyl halides is 1. The third-order valence-electron chi connectivity index (χ3n) is 2.99. The van der Waals surface area contributed by atoms with Crippen LogP contribution in [0.25, 0.3) is 0 Å². The van der Waals surface area contributed by atoms with E-state index in [9.17, 15) is 0 Å². The molecular weight excluding hydrogens is 198 g/mol. The van der Waals surface area contributed by atoms with Gasteiger partial charge in [-0.15, -0.1) is 11.6 Å². The van der Waals surface area contributed by atoms with Gasteiger partial charge in [-0.3, -0.25) is 0 Å². The van der Waals surface area contributed by atoms with Crippen molar-refractivity contribution in [3.8, 4) is 0 Å². The molecule has 0 aliphatic heterocycles. The number of oxazole rings is 1. The molecule has 1 aromatic rings. The molecule has 0 amide bonds. The Kier molecular flexibility index (Phi) is 3.46. The highest BCUT2D eigenvalue weighted by atomic mass is 35.5. The molecule has 14 heavy (non-hydrogen) atoms. The van der Waals surface area contributed by atoms with E-state index < -0.39 is 0 Å². The van der Waals surface area contributed by atoms with Gasteiger partial charge in [-0.05, 0) is 12.3 Å². The van der Waals surface area contributed by atoms with E-state index in [4.69, 9.17) is 16.0 Å². The Morgan fingerprint density at radius 2 is 2.21 bits per heavy atom. The second-order valence-electron chi connectivity index (χ2n) is 4.04. The highest BCUT2D eigenvalue weighted by molar-refractivity contribution is 6.16. The first-order chi connectivity index (χ1) is 6.88. The van der Waals surface area contributed by atoms with Crippen LogP contribution >= 0.6 is 11.6 Å². The van der Waals surface area contributed by atoms with Crippen molar-refractivity contribution in [3.05, 3.63) is 17.8 Å². The van der Waals surface area contributed by atoms with Crippen molar-refractivity contribution in [2.24, 2.45) is 5.92 Å². The van der Waals surface area contributed by atoms with Crippen LogP contribution in [0, 0.1) is 5.92 Å². The fourth-order valence-corrected chi connectivity index (χ4v) is 2.29. The topological polar surface area (TPSA) is 26.0 Å². The average Bonchev–Trinajstić information content (AvgIpc) is 2.86.